The van der Waals surface area contributed by atoms with Crippen molar-refractivity contribution >= 4 is 27.0 Å². The molecule has 1 heterocycles. The maximum absolute atomic E-state index is 12.5. The second-order valence-corrected chi connectivity index (χ2v) is 10.6. The van der Waals surface area contributed by atoms with Gasteiger partial charge in [-0.25, -0.2) is 8.42 Å². The number of nitrogens with one attached hydrogen (secondary N) is 1. The van der Waals surface area contributed by atoms with Crippen molar-refractivity contribution in [3.63, 3.8) is 0 Å². The Morgan fingerprint density at radius 1 is 0.811 bits per heavy atom. The number of carboxylic acid groups (broad SMARTS) is 1. The average Bonchev–Trinajstić information content (AvgIpc) is 3.27. The Kier molecular flexibility index (Phi) is 6.65. The van der Waals surface area contributed by atoms with Crippen LogP contribution in [0.15, 0.2) is 112 Å². The average molecular weight is 512 g/mol. The summed E-state index contributed by atoms with van der Waals surface area (Å²) in [4.78, 5) is 11.0. The molecule has 37 heavy (non-hydrogen) atoms. The van der Waals surface area contributed by atoms with E-state index in [1.165, 1.54) is 24.6 Å². The number of para-hydroxylation sites is 1. The van der Waals surface area contributed by atoms with Gasteiger partial charge in [-0.2, -0.15) is 4.72 Å². The van der Waals surface area contributed by atoms with Gasteiger partial charge in [0.05, 0.1) is 4.90 Å². The largest absolute Gasteiger partial charge is 0.480 e. The number of hydrogen-bond acceptors (Lipinski definition) is 4. The molecular formula is C30H25NO5S. The number of hydrogen-bond donors (Lipinski definition) is 2. The number of carbonyl (C=O) groups is 1. The number of aliphatic carboxylic acids is 1. The van der Waals surface area contributed by atoms with Crippen LogP contribution < -0.4 is 4.72 Å². The van der Waals surface area contributed by atoms with E-state index in [0.717, 1.165) is 39.0 Å². The van der Waals surface area contributed by atoms with Crippen molar-refractivity contribution in [2.24, 2.45) is 0 Å². The summed E-state index contributed by atoms with van der Waals surface area (Å²) < 4.78 is 33.3. The van der Waals surface area contributed by atoms with E-state index >= 15 is 0 Å². The molecule has 7 heteroatoms. The molecule has 1 unspecified atom stereocenters. The van der Waals surface area contributed by atoms with Crippen LogP contribution in [0.25, 0.3) is 33.2 Å². The van der Waals surface area contributed by atoms with Crippen LogP contribution in [0.4, 0.5) is 0 Å². The molecule has 0 aliphatic heterocycles. The summed E-state index contributed by atoms with van der Waals surface area (Å²) in [5, 5.41) is 10.0. The molecule has 2 N–H and O–H groups in total. The van der Waals surface area contributed by atoms with Crippen LogP contribution in [-0.2, 0) is 21.2 Å². The topological polar surface area (TPSA) is 96.6 Å². The van der Waals surface area contributed by atoms with Crippen LogP contribution >= 0.6 is 0 Å². The number of carboxylic acids is 1. The lowest BCUT2D eigenvalue weighted by Gasteiger charge is -2.11. The van der Waals surface area contributed by atoms with E-state index in [2.05, 4.69) is 22.9 Å². The van der Waals surface area contributed by atoms with Crippen molar-refractivity contribution in [3.8, 4) is 22.3 Å². The third kappa shape index (κ3) is 5.18. The monoisotopic (exact) mass is 511 g/mol. The first-order valence-electron chi connectivity index (χ1n) is 11.8. The molecule has 0 spiro atoms. The van der Waals surface area contributed by atoms with Crippen molar-refractivity contribution in [2.45, 2.75) is 24.3 Å². The Hall–Kier alpha value is -4.20. The third-order valence-corrected chi connectivity index (χ3v) is 7.81. The van der Waals surface area contributed by atoms with Gasteiger partial charge in [-0.3, -0.25) is 4.79 Å². The van der Waals surface area contributed by atoms with Gasteiger partial charge in [0, 0.05) is 17.4 Å². The van der Waals surface area contributed by atoms with Gasteiger partial charge in [0.1, 0.15) is 17.4 Å². The predicted octanol–water partition coefficient (Wildman–Crippen LogP) is 6.11. The van der Waals surface area contributed by atoms with Crippen molar-refractivity contribution in [3.05, 3.63) is 114 Å². The molecule has 5 aromatic rings. The molecule has 0 aliphatic rings. The first kappa shape index (κ1) is 24.5. The molecule has 186 valence electrons. The zero-order chi connectivity index (χ0) is 26.0. The summed E-state index contributed by atoms with van der Waals surface area (Å²) in [6, 6.07) is 31.4. The fourth-order valence-corrected chi connectivity index (χ4v) is 5.52. The van der Waals surface area contributed by atoms with Gasteiger partial charge >= 0.3 is 5.97 Å². The molecule has 0 bridgehead atoms. The normalized spacial score (nSPS) is 12.5. The Labute approximate surface area is 215 Å². The van der Waals surface area contributed by atoms with E-state index in [4.69, 9.17) is 9.52 Å². The van der Waals surface area contributed by atoms with Crippen molar-refractivity contribution in [2.75, 3.05) is 0 Å². The van der Waals surface area contributed by atoms with Gasteiger partial charge in [0.25, 0.3) is 0 Å². The molecular weight excluding hydrogens is 486 g/mol. The van der Waals surface area contributed by atoms with Crippen LogP contribution in [-0.4, -0.2) is 25.5 Å². The fraction of sp³-hybridized carbons (Fsp3) is 0.100. The van der Waals surface area contributed by atoms with E-state index in [0.29, 0.717) is 6.42 Å². The van der Waals surface area contributed by atoms with Gasteiger partial charge in [-0.15, -0.1) is 0 Å². The first-order chi connectivity index (χ1) is 17.8. The Bertz CT molecular complexity index is 1660. The van der Waals surface area contributed by atoms with Gasteiger partial charge < -0.3 is 9.52 Å². The zero-order valence-corrected chi connectivity index (χ0v) is 20.9. The Morgan fingerprint density at radius 3 is 2.03 bits per heavy atom. The van der Waals surface area contributed by atoms with Gasteiger partial charge in [-0.1, -0.05) is 84.9 Å². The van der Waals surface area contributed by atoms with Crippen LogP contribution in [0, 0.1) is 0 Å². The fourth-order valence-electron chi connectivity index (χ4n) is 4.33. The van der Waals surface area contributed by atoms with E-state index < -0.39 is 22.0 Å². The highest BCUT2D eigenvalue weighted by Crippen LogP contribution is 2.37. The third-order valence-electron chi connectivity index (χ3n) is 6.25. The second kappa shape index (κ2) is 10.0. The molecule has 0 radical (unpaired) electrons. The molecule has 5 rings (SSSR count). The number of fused-ring (bicyclic) bond motifs is 1. The predicted molar refractivity (Wildman–Crippen MR) is 144 cm³/mol. The van der Waals surface area contributed by atoms with E-state index in [1.807, 2.05) is 60.7 Å². The minimum atomic E-state index is -3.93. The summed E-state index contributed by atoms with van der Waals surface area (Å²) in [5.74, 6) is -0.338. The summed E-state index contributed by atoms with van der Waals surface area (Å²) in [5.41, 5.74) is 5.88. The van der Waals surface area contributed by atoms with Gasteiger partial charge in [-0.05, 0) is 47.4 Å². The Balaban J connectivity index is 1.44. The summed E-state index contributed by atoms with van der Waals surface area (Å²) >= 11 is 0. The molecule has 0 saturated carbocycles. The van der Waals surface area contributed by atoms with Crippen LogP contribution in [0.3, 0.4) is 0 Å². The first-order valence-corrected chi connectivity index (χ1v) is 13.3. The van der Waals surface area contributed by atoms with Gasteiger partial charge in [0.15, 0.2) is 0 Å². The molecule has 6 nitrogen and oxygen atoms in total. The number of benzene rings is 4. The molecule has 0 fully saturated rings. The van der Waals surface area contributed by atoms with E-state index in [-0.39, 0.29) is 4.90 Å². The SMILES string of the molecule is CC(NS(=O)(=O)c1ccc(-c2ccc(-c3c(Cc4ccccc4)oc4ccccc34)cc2)cc1)C(=O)O. The number of furan rings is 1. The minimum Gasteiger partial charge on any atom is -0.480 e. The van der Waals surface area contributed by atoms with Crippen LogP contribution in [0.2, 0.25) is 0 Å². The number of rotatable bonds is 8. The highest BCUT2D eigenvalue weighted by atomic mass is 32.2. The molecule has 1 aromatic heterocycles. The molecule has 0 saturated heterocycles. The highest BCUT2D eigenvalue weighted by molar-refractivity contribution is 7.89. The molecule has 0 amide bonds. The molecule has 0 aliphatic carbocycles. The lowest BCUT2D eigenvalue weighted by molar-refractivity contribution is -0.138. The highest BCUT2D eigenvalue weighted by Gasteiger charge is 2.21. The van der Waals surface area contributed by atoms with Crippen molar-refractivity contribution < 1.29 is 22.7 Å². The zero-order valence-electron chi connectivity index (χ0n) is 20.1. The van der Waals surface area contributed by atoms with Crippen molar-refractivity contribution in [1.82, 2.24) is 4.72 Å². The smallest absolute Gasteiger partial charge is 0.321 e. The van der Waals surface area contributed by atoms with Gasteiger partial charge in [0.2, 0.25) is 10.0 Å². The minimum absolute atomic E-state index is 0.0105. The van der Waals surface area contributed by atoms with E-state index in [9.17, 15) is 13.2 Å². The van der Waals surface area contributed by atoms with Crippen LogP contribution in [0.1, 0.15) is 18.2 Å². The van der Waals surface area contributed by atoms with Crippen LogP contribution in [0.5, 0.6) is 0 Å². The summed E-state index contributed by atoms with van der Waals surface area (Å²) in [7, 11) is -3.93. The quantitative estimate of drug-likeness (QED) is 0.262. The lowest BCUT2D eigenvalue weighted by Crippen LogP contribution is -2.38. The molecule has 1 atom stereocenters. The lowest BCUT2D eigenvalue weighted by atomic mass is 9.96. The number of sulfonamides is 1. The molecule has 4 aromatic carbocycles. The maximum atomic E-state index is 12.5. The Morgan fingerprint density at radius 2 is 1.38 bits per heavy atom. The summed E-state index contributed by atoms with van der Waals surface area (Å²) in [6.07, 6.45) is 0.678. The summed E-state index contributed by atoms with van der Waals surface area (Å²) in [6.45, 7) is 1.28. The standard InChI is InChI=1S/C30H25NO5S/c1-20(30(32)33)31-37(34,35)25-17-15-23(16-18-25)22-11-13-24(14-12-22)29-26-9-5-6-10-27(26)36-28(29)19-21-7-3-2-4-8-21/h2-18,20,31H,19H2,1H3,(H,32,33). The maximum Gasteiger partial charge on any atom is 0.321 e. The van der Waals surface area contributed by atoms with Crippen molar-refractivity contribution in [1.29, 1.82) is 0 Å². The second-order valence-electron chi connectivity index (χ2n) is 8.84. The van der Waals surface area contributed by atoms with E-state index in [1.54, 1.807) is 12.1 Å².